The molecular weight excluding hydrogens is 366 g/mol. The minimum Gasteiger partial charge on any atom is -0.489 e. The lowest BCUT2D eigenvalue weighted by Gasteiger charge is -2.11. The molecule has 3 nitrogen and oxygen atoms in total. The maximum Gasteiger partial charge on any atom is 0.258 e. The number of hydrogen-bond acceptors (Lipinski definition) is 3. The highest BCUT2D eigenvalue weighted by Gasteiger charge is 2.16. The predicted molar refractivity (Wildman–Crippen MR) is 115 cm³/mol. The first kappa shape index (κ1) is 17.3. The molecule has 2 aromatic heterocycles. The largest absolute Gasteiger partial charge is 0.489 e. The molecule has 4 aromatic rings. The van der Waals surface area contributed by atoms with Crippen LogP contribution in [0, 0.1) is 0 Å². The van der Waals surface area contributed by atoms with Crippen molar-refractivity contribution in [3.8, 4) is 11.4 Å². The van der Waals surface area contributed by atoms with E-state index in [4.69, 9.17) is 4.74 Å². The summed E-state index contributed by atoms with van der Waals surface area (Å²) in [6, 6.07) is 19.7. The van der Waals surface area contributed by atoms with E-state index in [0.29, 0.717) is 12.4 Å². The van der Waals surface area contributed by atoms with Gasteiger partial charge in [0.2, 0.25) is 0 Å². The summed E-state index contributed by atoms with van der Waals surface area (Å²) in [5.74, 6) is 0.596. The zero-order chi connectivity index (χ0) is 18.9. The first-order valence-corrected chi connectivity index (χ1v) is 10.5. The molecule has 0 saturated carbocycles. The normalized spacial score (nSPS) is 13.4. The van der Waals surface area contributed by atoms with Gasteiger partial charge in [-0.05, 0) is 66.5 Å². The molecule has 4 heteroatoms. The fraction of sp³-hybridized carbons (Fsp3) is 0.208. The summed E-state index contributed by atoms with van der Waals surface area (Å²) in [5.41, 5.74) is 3.41. The predicted octanol–water partition coefficient (Wildman–Crippen LogP) is 5.51. The average Bonchev–Trinajstić information content (AvgIpc) is 3.11. The quantitative estimate of drug-likeness (QED) is 0.462. The van der Waals surface area contributed by atoms with Crippen LogP contribution in [0.25, 0.3) is 15.8 Å². The Morgan fingerprint density at radius 3 is 2.68 bits per heavy atom. The Morgan fingerprint density at radius 1 is 0.964 bits per heavy atom. The van der Waals surface area contributed by atoms with Crippen LogP contribution in [-0.2, 0) is 19.4 Å². The van der Waals surface area contributed by atoms with E-state index in [2.05, 4.69) is 12.1 Å². The van der Waals surface area contributed by atoms with E-state index < -0.39 is 0 Å². The van der Waals surface area contributed by atoms with E-state index in [1.54, 1.807) is 10.6 Å². The monoisotopic (exact) mass is 387 g/mol. The molecule has 0 fully saturated rings. The molecule has 0 amide bonds. The molecule has 1 aliphatic carbocycles. The number of thiophene rings is 1. The summed E-state index contributed by atoms with van der Waals surface area (Å²) in [6.45, 7) is 0.456. The highest BCUT2D eigenvalue weighted by Crippen LogP contribution is 2.37. The van der Waals surface area contributed by atoms with Gasteiger partial charge in [-0.1, -0.05) is 30.3 Å². The van der Waals surface area contributed by atoms with Gasteiger partial charge in [-0.15, -0.1) is 11.3 Å². The topological polar surface area (TPSA) is 31.2 Å². The van der Waals surface area contributed by atoms with Crippen LogP contribution in [0.1, 0.15) is 28.8 Å². The van der Waals surface area contributed by atoms with Crippen molar-refractivity contribution in [1.29, 1.82) is 0 Å². The van der Waals surface area contributed by atoms with Crippen molar-refractivity contribution < 1.29 is 4.74 Å². The van der Waals surface area contributed by atoms with Gasteiger partial charge >= 0.3 is 0 Å². The molecule has 0 spiro atoms. The standard InChI is InChI=1S/C24H21NO2S/c26-24-15-19(27-16-17-6-2-1-3-7-17)12-13-25(24)18-10-11-23-21(14-18)20-8-4-5-9-22(20)28-23/h1-3,6-7,10-15H,4-5,8-9,16H2. The third kappa shape index (κ3) is 3.25. The van der Waals surface area contributed by atoms with Crippen molar-refractivity contribution >= 4 is 21.4 Å². The van der Waals surface area contributed by atoms with E-state index in [1.807, 2.05) is 60.0 Å². The molecule has 0 unspecified atom stereocenters. The van der Waals surface area contributed by atoms with E-state index in [-0.39, 0.29) is 5.56 Å². The van der Waals surface area contributed by atoms with Gasteiger partial charge < -0.3 is 4.74 Å². The molecule has 140 valence electrons. The van der Waals surface area contributed by atoms with Gasteiger partial charge in [0.1, 0.15) is 12.4 Å². The summed E-state index contributed by atoms with van der Waals surface area (Å²) in [5, 5.41) is 1.31. The number of fused-ring (bicyclic) bond motifs is 3. The zero-order valence-electron chi connectivity index (χ0n) is 15.6. The van der Waals surface area contributed by atoms with Crippen molar-refractivity contribution in [2.75, 3.05) is 0 Å². The number of ether oxygens (including phenoxy) is 1. The second kappa shape index (κ2) is 7.28. The number of hydrogen-bond donors (Lipinski definition) is 0. The Balaban J connectivity index is 1.44. The summed E-state index contributed by atoms with van der Waals surface area (Å²) in [6.07, 6.45) is 6.70. The second-order valence-electron chi connectivity index (χ2n) is 7.24. The molecule has 5 rings (SSSR count). The van der Waals surface area contributed by atoms with Crippen LogP contribution in [0.3, 0.4) is 0 Å². The van der Waals surface area contributed by atoms with Gasteiger partial charge in [-0.25, -0.2) is 0 Å². The maximum atomic E-state index is 12.7. The fourth-order valence-corrected chi connectivity index (χ4v) is 5.18. The molecule has 2 aromatic carbocycles. The van der Waals surface area contributed by atoms with Gasteiger partial charge in [0, 0.05) is 27.5 Å². The molecule has 0 aliphatic heterocycles. The van der Waals surface area contributed by atoms with Crippen LogP contribution in [0.4, 0.5) is 0 Å². The van der Waals surface area contributed by atoms with Gasteiger partial charge in [0.05, 0.1) is 0 Å². The molecule has 0 bridgehead atoms. The highest BCUT2D eigenvalue weighted by molar-refractivity contribution is 7.19. The lowest BCUT2D eigenvalue weighted by Crippen LogP contribution is -2.16. The third-order valence-corrected chi connectivity index (χ3v) is 6.63. The van der Waals surface area contributed by atoms with Crippen molar-refractivity contribution in [1.82, 2.24) is 4.57 Å². The van der Waals surface area contributed by atoms with E-state index >= 15 is 0 Å². The average molecular weight is 388 g/mol. The van der Waals surface area contributed by atoms with Crippen molar-refractivity contribution in [2.45, 2.75) is 32.3 Å². The Bertz CT molecular complexity index is 1190. The Kier molecular flexibility index (Phi) is 4.49. The van der Waals surface area contributed by atoms with Crippen molar-refractivity contribution in [3.63, 3.8) is 0 Å². The van der Waals surface area contributed by atoms with Crippen LogP contribution in [0.15, 0.2) is 71.7 Å². The zero-order valence-corrected chi connectivity index (χ0v) is 16.4. The number of rotatable bonds is 4. The molecule has 0 atom stereocenters. The smallest absolute Gasteiger partial charge is 0.258 e. The minimum atomic E-state index is -0.0750. The Morgan fingerprint density at radius 2 is 1.82 bits per heavy atom. The number of benzene rings is 2. The maximum absolute atomic E-state index is 12.7. The molecule has 0 radical (unpaired) electrons. The lowest BCUT2D eigenvalue weighted by atomic mass is 9.96. The Hall–Kier alpha value is -2.85. The van der Waals surface area contributed by atoms with Gasteiger partial charge in [0.15, 0.2) is 0 Å². The Labute approximate surface area is 167 Å². The second-order valence-corrected chi connectivity index (χ2v) is 8.37. The first-order valence-electron chi connectivity index (χ1n) is 9.72. The molecule has 1 aliphatic rings. The summed E-state index contributed by atoms with van der Waals surface area (Å²) < 4.78 is 8.81. The van der Waals surface area contributed by atoms with E-state index in [0.717, 1.165) is 17.7 Å². The van der Waals surface area contributed by atoms with Gasteiger partial charge in [0.25, 0.3) is 5.56 Å². The van der Waals surface area contributed by atoms with E-state index in [1.165, 1.54) is 39.8 Å². The molecule has 0 saturated heterocycles. The van der Waals surface area contributed by atoms with Crippen LogP contribution in [0.2, 0.25) is 0 Å². The third-order valence-electron chi connectivity index (χ3n) is 5.36. The molecular formula is C24H21NO2S. The number of aryl methyl sites for hydroxylation is 2. The molecule has 28 heavy (non-hydrogen) atoms. The van der Waals surface area contributed by atoms with Crippen LogP contribution >= 0.6 is 11.3 Å². The van der Waals surface area contributed by atoms with Crippen molar-refractivity contribution in [3.05, 3.63) is 93.2 Å². The molecule has 2 heterocycles. The SMILES string of the molecule is O=c1cc(OCc2ccccc2)ccn1-c1ccc2sc3c(c2c1)CCCC3. The summed E-state index contributed by atoms with van der Waals surface area (Å²) in [7, 11) is 0. The van der Waals surface area contributed by atoms with E-state index in [9.17, 15) is 4.79 Å². The summed E-state index contributed by atoms with van der Waals surface area (Å²) in [4.78, 5) is 14.2. The number of nitrogens with zero attached hydrogens (tertiary/aromatic N) is 1. The number of pyridine rings is 1. The number of aromatic nitrogens is 1. The van der Waals surface area contributed by atoms with Crippen LogP contribution in [-0.4, -0.2) is 4.57 Å². The van der Waals surface area contributed by atoms with Gasteiger partial charge in [-0.2, -0.15) is 0 Å². The van der Waals surface area contributed by atoms with Crippen LogP contribution in [0.5, 0.6) is 5.75 Å². The fourth-order valence-electron chi connectivity index (χ4n) is 3.91. The van der Waals surface area contributed by atoms with Crippen LogP contribution < -0.4 is 10.3 Å². The minimum absolute atomic E-state index is 0.0750. The van der Waals surface area contributed by atoms with Crippen molar-refractivity contribution in [2.24, 2.45) is 0 Å². The summed E-state index contributed by atoms with van der Waals surface area (Å²) >= 11 is 1.91. The first-order chi connectivity index (χ1) is 13.8. The molecule has 0 N–H and O–H groups in total. The lowest BCUT2D eigenvalue weighted by molar-refractivity contribution is 0.305. The highest BCUT2D eigenvalue weighted by atomic mass is 32.1. The van der Waals surface area contributed by atoms with Gasteiger partial charge in [-0.3, -0.25) is 9.36 Å².